The molecule has 5 nitrogen and oxygen atoms in total. The molecule has 0 spiro atoms. The Balaban J connectivity index is 2.40. The van der Waals surface area contributed by atoms with Crippen molar-refractivity contribution >= 4 is 5.96 Å². The van der Waals surface area contributed by atoms with Gasteiger partial charge < -0.3 is 15.7 Å². The maximum atomic E-state index is 10.1. The zero-order chi connectivity index (χ0) is 15.3. The van der Waals surface area contributed by atoms with E-state index in [4.69, 9.17) is 0 Å². The molecule has 1 heterocycles. The van der Waals surface area contributed by atoms with E-state index in [-0.39, 0.29) is 0 Å². The minimum Gasteiger partial charge on any atom is -0.386 e. The summed E-state index contributed by atoms with van der Waals surface area (Å²) in [5, 5.41) is 16.6. The lowest BCUT2D eigenvalue weighted by atomic mass is 10.1. The van der Waals surface area contributed by atoms with Gasteiger partial charge in [0, 0.05) is 25.5 Å². The van der Waals surface area contributed by atoms with Crippen LogP contribution in [-0.2, 0) is 0 Å². The van der Waals surface area contributed by atoms with Gasteiger partial charge in [0.25, 0.3) is 0 Å². The highest BCUT2D eigenvalue weighted by atomic mass is 16.3. The lowest BCUT2D eigenvalue weighted by Crippen LogP contribution is -2.38. The van der Waals surface area contributed by atoms with Crippen LogP contribution >= 0.6 is 0 Å². The molecule has 1 rings (SSSR count). The largest absolute Gasteiger partial charge is 0.386 e. The number of hydrogen-bond donors (Lipinski definition) is 3. The first kappa shape index (κ1) is 17.4. The fourth-order valence-electron chi connectivity index (χ4n) is 1.97. The number of unbranched alkanes of at least 4 members (excludes halogenated alkanes) is 3. The fourth-order valence-corrected chi connectivity index (χ4v) is 1.97. The van der Waals surface area contributed by atoms with Crippen LogP contribution < -0.4 is 10.6 Å². The van der Waals surface area contributed by atoms with Crippen LogP contribution in [0, 0.1) is 0 Å². The minimum absolute atomic E-state index is 0.342. The van der Waals surface area contributed by atoms with Crippen LogP contribution in [-0.4, -0.2) is 35.7 Å². The van der Waals surface area contributed by atoms with Gasteiger partial charge in [-0.1, -0.05) is 26.2 Å². The normalized spacial score (nSPS) is 13.0. The van der Waals surface area contributed by atoms with Gasteiger partial charge in [-0.3, -0.25) is 9.98 Å². The quantitative estimate of drug-likeness (QED) is 0.371. The molecular weight excluding hydrogens is 264 g/mol. The molecule has 0 radical (unpaired) electrons. The number of aliphatic hydroxyl groups is 1. The summed E-state index contributed by atoms with van der Waals surface area (Å²) in [7, 11) is 0. The van der Waals surface area contributed by atoms with Gasteiger partial charge in [0.05, 0.1) is 12.6 Å². The average Bonchev–Trinajstić information content (AvgIpc) is 2.52. The van der Waals surface area contributed by atoms with Crippen molar-refractivity contribution in [1.29, 1.82) is 0 Å². The zero-order valence-electron chi connectivity index (χ0n) is 13.2. The molecule has 1 atom stereocenters. The highest BCUT2D eigenvalue weighted by Crippen LogP contribution is 2.10. The first-order valence-corrected chi connectivity index (χ1v) is 7.88. The Morgan fingerprint density at radius 2 is 1.95 bits per heavy atom. The van der Waals surface area contributed by atoms with E-state index in [1.807, 2.05) is 19.1 Å². The summed E-state index contributed by atoms with van der Waals surface area (Å²) >= 11 is 0. The molecule has 0 aromatic carbocycles. The summed E-state index contributed by atoms with van der Waals surface area (Å²) in [6.07, 6.45) is 7.67. The number of hydrogen-bond acceptors (Lipinski definition) is 3. The molecular formula is C16H28N4O. The van der Waals surface area contributed by atoms with Crippen molar-refractivity contribution in [3.05, 3.63) is 30.1 Å². The summed E-state index contributed by atoms with van der Waals surface area (Å²) in [6, 6.07) is 3.62. The van der Waals surface area contributed by atoms with Gasteiger partial charge >= 0.3 is 0 Å². The summed E-state index contributed by atoms with van der Waals surface area (Å²) < 4.78 is 0. The second-order valence-corrected chi connectivity index (χ2v) is 5.00. The minimum atomic E-state index is -0.594. The van der Waals surface area contributed by atoms with E-state index in [1.54, 1.807) is 12.4 Å². The molecule has 1 aromatic rings. The molecule has 0 aliphatic heterocycles. The Kier molecular flexibility index (Phi) is 9.20. The first-order valence-electron chi connectivity index (χ1n) is 7.88. The smallest absolute Gasteiger partial charge is 0.191 e. The Labute approximate surface area is 127 Å². The van der Waals surface area contributed by atoms with Crippen LogP contribution in [0.15, 0.2) is 29.5 Å². The molecule has 0 aliphatic carbocycles. The molecule has 118 valence electrons. The van der Waals surface area contributed by atoms with Gasteiger partial charge in [0.1, 0.15) is 0 Å². The van der Waals surface area contributed by atoms with Crippen LogP contribution in [0.5, 0.6) is 0 Å². The van der Waals surface area contributed by atoms with Crippen molar-refractivity contribution in [2.45, 2.75) is 45.6 Å². The van der Waals surface area contributed by atoms with Gasteiger partial charge in [-0.25, -0.2) is 0 Å². The molecule has 0 saturated carbocycles. The molecule has 1 unspecified atom stereocenters. The molecule has 0 aliphatic rings. The maximum absolute atomic E-state index is 10.1. The van der Waals surface area contributed by atoms with Gasteiger partial charge in [-0.15, -0.1) is 0 Å². The zero-order valence-corrected chi connectivity index (χ0v) is 13.2. The van der Waals surface area contributed by atoms with Crippen molar-refractivity contribution in [3.8, 4) is 0 Å². The Morgan fingerprint density at radius 3 is 2.62 bits per heavy atom. The summed E-state index contributed by atoms with van der Waals surface area (Å²) in [5.41, 5.74) is 0.840. The molecule has 0 amide bonds. The van der Waals surface area contributed by atoms with Crippen molar-refractivity contribution in [3.63, 3.8) is 0 Å². The Hall–Kier alpha value is -1.62. The molecule has 5 heteroatoms. The van der Waals surface area contributed by atoms with E-state index in [0.29, 0.717) is 6.54 Å². The van der Waals surface area contributed by atoms with Gasteiger partial charge in [-0.2, -0.15) is 0 Å². The van der Waals surface area contributed by atoms with E-state index in [9.17, 15) is 5.11 Å². The molecule has 0 fully saturated rings. The van der Waals surface area contributed by atoms with E-state index < -0.39 is 6.10 Å². The van der Waals surface area contributed by atoms with Crippen LogP contribution in [0.25, 0.3) is 0 Å². The van der Waals surface area contributed by atoms with Crippen LogP contribution in [0.1, 0.15) is 51.2 Å². The predicted octanol–water partition coefficient (Wildman–Crippen LogP) is 2.25. The molecule has 0 saturated heterocycles. The molecule has 21 heavy (non-hydrogen) atoms. The summed E-state index contributed by atoms with van der Waals surface area (Å²) in [5.74, 6) is 0.766. The van der Waals surface area contributed by atoms with E-state index >= 15 is 0 Å². The van der Waals surface area contributed by atoms with Gasteiger partial charge in [0.15, 0.2) is 5.96 Å². The second kappa shape index (κ2) is 11.1. The predicted molar refractivity (Wildman–Crippen MR) is 87.3 cm³/mol. The summed E-state index contributed by atoms with van der Waals surface area (Å²) in [6.45, 7) is 6.31. The standard InChI is InChI=1S/C16H28N4O/c1-3-5-6-7-10-19-16(18-4-2)20-13-15(21)14-8-11-17-12-9-14/h8-9,11-12,15,21H,3-7,10,13H2,1-2H3,(H2,18,19,20). The topological polar surface area (TPSA) is 69.5 Å². The number of pyridine rings is 1. The Bertz CT molecular complexity index is 395. The third-order valence-electron chi connectivity index (χ3n) is 3.18. The lowest BCUT2D eigenvalue weighted by molar-refractivity contribution is 0.187. The van der Waals surface area contributed by atoms with Crippen LogP contribution in [0.2, 0.25) is 0 Å². The number of nitrogens with zero attached hydrogens (tertiary/aromatic N) is 2. The maximum Gasteiger partial charge on any atom is 0.191 e. The van der Waals surface area contributed by atoms with Crippen LogP contribution in [0.3, 0.4) is 0 Å². The second-order valence-electron chi connectivity index (χ2n) is 5.00. The van der Waals surface area contributed by atoms with Crippen molar-refractivity contribution in [2.75, 3.05) is 19.6 Å². The van der Waals surface area contributed by atoms with E-state index in [2.05, 4.69) is 27.5 Å². The SMILES string of the molecule is CCCCCCNC(=NCC(O)c1ccncc1)NCC. The van der Waals surface area contributed by atoms with E-state index in [1.165, 1.54) is 19.3 Å². The van der Waals surface area contributed by atoms with Crippen LogP contribution in [0.4, 0.5) is 0 Å². The van der Waals surface area contributed by atoms with Crippen molar-refractivity contribution in [2.24, 2.45) is 4.99 Å². The number of guanidine groups is 1. The highest BCUT2D eigenvalue weighted by molar-refractivity contribution is 5.79. The molecule has 0 bridgehead atoms. The monoisotopic (exact) mass is 292 g/mol. The van der Waals surface area contributed by atoms with Gasteiger partial charge in [-0.05, 0) is 31.0 Å². The van der Waals surface area contributed by atoms with Crippen molar-refractivity contribution in [1.82, 2.24) is 15.6 Å². The fraction of sp³-hybridized carbons (Fsp3) is 0.625. The average molecular weight is 292 g/mol. The number of aliphatic imine (C=N–C) groups is 1. The number of aliphatic hydroxyl groups excluding tert-OH is 1. The molecule has 3 N–H and O–H groups in total. The number of aromatic nitrogens is 1. The number of nitrogens with one attached hydrogen (secondary N) is 2. The lowest BCUT2D eigenvalue weighted by Gasteiger charge is -2.13. The van der Waals surface area contributed by atoms with Gasteiger partial charge in [0.2, 0.25) is 0 Å². The van der Waals surface area contributed by atoms with E-state index in [0.717, 1.165) is 31.0 Å². The third-order valence-corrected chi connectivity index (χ3v) is 3.18. The number of rotatable bonds is 9. The third kappa shape index (κ3) is 7.66. The Morgan fingerprint density at radius 1 is 1.19 bits per heavy atom. The molecule has 1 aromatic heterocycles. The van der Waals surface area contributed by atoms with Crippen molar-refractivity contribution < 1.29 is 5.11 Å². The highest BCUT2D eigenvalue weighted by Gasteiger charge is 2.06. The first-order chi connectivity index (χ1) is 10.3. The summed E-state index contributed by atoms with van der Waals surface area (Å²) in [4.78, 5) is 8.38.